The van der Waals surface area contributed by atoms with Crippen LogP contribution in [0.2, 0.25) is 0 Å². The number of aliphatic hydroxyl groups is 1. The standard InChI is InChI=1S/C26H38O6/c1-14-19(28)26(30,21(29)31-8)15(2)24(6)13-17-23(5)11-10-18(27)22(3,4)16(23)9-12-25(17,7)32-20(14)24/h15-17,30H,9-13H2,1-8H3/t15-,16-,17+,23-,24-,25+,26-/m1/s1. The van der Waals surface area contributed by atoms with E-state index in [4.69, 9.17) is 9.47 Å². The van der Waals surface area contributed by atoms with Crippen molar-refractivity contribution < 1.29 is 29.0 Å². The van der Waals surface area contributed by atoms with Crippen LogP contribution in [0, 0.1) is 34.0 Å². The first kappa shape index (κ1) is 23.5. The molecular weight excluding hydrogens is 408 g/mol. The lowest BCUT2D eigenvalue weighted by atomic mass is 9.42. The molecule has 0 aromatic carbocycles. The second kappa shape index (κ2) is 6.68. The molecule has 3 aliphatic carbocycles. The van der Waals surface area contributed by atoms with Crippen LogP contribution in [0.4, 0.5) is 0 Å². The highest BCUT2D eigenvalue weighted by Gasteiger charge is 2.70. The average Bonchev–Trinajstić information content (AvgIpc) is 2.73. The summed E-state index contributed by atoms with van der Waals surface area (Å²) in [6, 6.07) is 0. The van der Waals surface area contributed by atoms with Gasteiger partial charge in [0.25, 0.3) is 0 Å². The van der Waals surface area contributed by atoms with Gasteiger partial charge in [0.2, 0.25) is 11.4 Å². The van der Waals surface area contributed by atoms with E-state index in [0.29, 0.717) is 30.0 Å². The van der Waals surface area contributed by atoms with E-state index in [2.05, 4.69) is 27.7 Å². The van der Waals surface area contributed by atoms with Gasteiger partial charge in [-0.25, -0.2) is 4.79 Å². The Kier molecular flexibility index (Phi) is 4.90. The Morgan fingerprint density at radius 2 is 1.72 bits per heavy atom. The van der Waals surface area contributed by atoms with Crippen LogP contribution >= 0.6 is 0 Å². The normalized spacial score (nSPS) is 47.7. The molecule has 0 bridgehead atoms. The molecule has 32 heavy (non-hydrogen) atoms. The molecule has 3 fully saturated rings. The first-order valence-corrected chi connectivity index (χ1v) is 11.9. The number of hydrogen-bond donors (Lipinski definition) is 1. The van der Waals surface area contributed by atoms with E-state index in [1.54, 1.807) is 13.8 Å². The number of methoxy groups -OCH3 is 1. The van der Waals surface area contributed by atoms with Crippen molar-refractivity contribution in [2.24, 2.45) is 34.0 Å². The number of rotatable bonds is 1. The third kappa shape index (κ3) is 2.59. The molecule has 6 heteroatoms. The lowest BCUT2D eigenvalue weighted by Gasteiger charge is -2.66. The number of ketones is 2. The zero-order valence-electron chi connectivity index (χ0n) is 20.8. The molecule has 0 radical (unpaired) electrons. The topological polar surface area (TPSA) is 89.9 Å². The quantitative estimate of drug-likeness (QED) is 0.484. The Bertz CT molecular complexity index is 933. The summed E-state index contributed by atoms with van der Waals surface area (Å²) in [5.74, 6) is -0.945. The van der Waals surface area contributed by atoms with Crippen molar-refractivity contribution in [3.8, 4) is 0 Å². The maximum Gasteiger partial charge on any atom is 0.346 e. The SMILES string of the molecule is COC(=O)[C@]1(O)C(=O)C(C)=C2O[C@@]3(C)CC[C@@H]4C(C)(C)C(=O)CC[C@@]4(C)[C@@H]3C[C@]2(C)[C@H]1C. The van der Waals surface area contributed by atoms with Crippen LogP contribution in [0.5, 0.6) is 0 Å². The first-order chi connectivity index (χ1) is 14.6. The Morgan fingerprint density at radius 3 is 2.31 bits per heavy atom. The van der Waals surface area contributed by atoms with E-state index in [-0.39, 0.29) is 22.7 Å². The lowest BCUT2D eigenvalue weighted by molar-refractivity contribution is -0.232. The van der Waals surface area contributed by atoms with Gasteiger partial charge in [-0.3, -0.25) is 9.59 Å². The third-order valence-corrected chi connectivity index (χ3v) is 10.3. The minimum Gasteiger partial charge on any atom is -0.491 e. The molecule has 7 atom stereocenters. The summed E-state index contributed by atoms with van der Waals surface area (Å²) < 4.78 is 11.6. The summed E-state index contributed by atoms with van der Waals surface area (Å²) in [5.41, 5.74) is -3.59. The van der Waals surface area contributed by atoms with Crippen LogP contribution in [-0.4, -0.2) is 41.0 Å². The highest BCUT2D eigenvalue weighted by molar-refractivity contribution is 6.16. The molecule has 1 aliphatic heterocycles. The number of carbonyl (C=O) groups is 3. The summed E-state index contributed by atoms with van der Waals surface area (Å²) in [4.78, 5) is 38.6. The van der Waals surface area contributed by atoms with Crippen molar-refractivity contribution in [2.75, 3.05) is 7.11 Å². The van der Waals surface area contributed by atoms with Crippen LogP contribution in [0.25, 0.3) is 0 Å². The minimum absolute atomic E-state index is 0.114. The molecule has 0 aromatic heterocycles. The van der Waals surface area contributed by atoms with E-state index in [0.717, 1.165) is 19.3 Å². The van der Waals surface area contributed by atoms with Crippen molar-refractivity contribution in [3.05, 3.63) is 11.3 Å². The van der Waals surface area contributed by atoms with E-state index >= 15 is 0 Å². The fraction of sp³-hybridized carbons (Fsp3) is 0.808. The van der Waals surface area contributed by atoms with Crippen molar-refractivity contribution >= 4 is 17.5 Å². The summed E-state index contributed by atoms with van der Waals surface area (Å²) in [7, 11) is 1.19. The molecule has 2 saturated carbocycles. The number of ether oxygens (including phenoxy) is 2. The molecule has 4 rings (SSSR count). The predicted molar refractivity (Wildman–Crippen MR) is 118 cm³/mol. The van der Waals surface area contributed by atoms with E-state index in [9.17, 15) is 19.5 Å². The molecule has 0 aromatic rings. The van der Waals surface area contributed by atoms with Crippen LogP contribution in [-0.2, 0) is 23.9 Å². The molecule has 1 N–H and O–H groups in total. The van der Waals surface area contributed by atoms with Crippen LogP contribution < -0.4 is 0 Å². The smallest absolute Gasteiger partial charge is 0.346 e. The van der Waals surface area contributed by atoms with Crippen molar-refractivity contribution in [1.29, 1.82) is 0 Å². The molecule has 0 amide bonds. The monoisotopic (exact) mass is 446 g/mol. The Balaban J connectivity index is 1.85. The molecule has 6 nitrogen and oxygen atoms in total. The summed E-state index contributed by atoms with van der Waals surface area (Å²) >= 11 is 0. The van der Waals surface area contributed by atoms with E-state index < -0.39 is 34.3 Å². The highest BCUT2D eigenvalue weighted by Crippen LogP contribution is 2.68. The highest BCUT2D eigenvalue weighted by atomic mass is 16.5. The summed E-state index contributed by atoms with van der Waals surface area (Å²) in [6.45, 7) is 14.0. The van der Waals surface area contributed by atoms with Gasteiger partial charge in [0.1, 0.15) is 17.1 Å². The Hall–Kier alpha value is -1.69. The second-order valence-electron chi connectivity index (χ2n) is 12.1. The van der Waals surface area contributed by atoms with Gasteiger partial charge >= 0.3 is 5.97 Å². The number of allylic oxidation sites excluding steroid dienone is 1. The van der Waals surface area contributed by atoms with Crippen LogP contribution in [0.1, 0.15) is 80.6 Å². The maximum absolute atomic E-state index is 13.2. The third-order valence-electron chi connectivity index (χ3n) is 10.3. The molecule has 4 aliphatic rings. The number of carbonyl (C=O) groups excluding carboxylic acids is 3. The van der Waals surface area contributed by atoms with Gasteiger partial charge in [-0.15, -0.1) is 0 Å². The molecular formula is C26H38O6. The first-order valence-electron chi connectivity index (χ1n) is 11.9. The zero-order chi connectivity index (χ0) is 24.1. The van der Waals surface area contributed by atoms with Crippen molar-refractivity contribution in [1.82, 2.24) is 0 Å². The zero-order valence-corrected chi connectivity index (χ0v) is 20.8. The Morgan fingerprint density at radius 1 is 1.09 bits per heavy atom. The number of fused-ring (bicyclic) bond motifs is 4. The molecule has 0 unspecified atom stereocenters. The molecule has 0 spiro atoms. The van der Waals surface area contributed by atoms with Gasteiger partial charge in [-0.1, -0.05) is 34.6 Å². The molecule has 1 heterocycles. The van der Waals surface area contributed by atoms with Gasteiger partial charge < -0.3 is 14.6 Å². The van der Waals surface area contributed by atoms with E-state index in [1.165, 1.54) is 7.11 Å². The van der Waals surface area contributed by atoms with Gasteiger partial charge in [0.15, 0.2) is 0 Å². The van der Waals surface area contributed by atoms with Gasteiger partial charge in [0, 0.05) is 34.7 Å². The van der Waals surface area contributed by atoms with Crippen LogP contribution in [0.15, 0.2) is 11.3 Å². The fourth-order valence-corrected chi connectivity index (χ4v) is 8.10. The van der Waals surface area contributed by atoms with Gasteiger partial charge in [-0.2, -0.15) is 0 Å². The molecule has 1 saturated heterocycles. The largest absolute Gasteiger partial charge is 0.491 e. The number of esters is 1. The summed E-state index contributed by atoms with van der Waals surface area (Å²) in [5, 5.41) is 11.4. The minimum atomic E-state index is -2.23. The fourth-order valence-electron chi connectivity index (χ4n) is 8.10. The van der Waals surface area contributed by atoms with Crippen molar-refractivity contribution in [3.63, 3.8) is 0 Å². The average molecular weight is 447 g/mol. The van der Waals surface area contributed by atoms with E-state index in [1.807, 2.05) is 6.92 Å². The maximum atomic E-state index is 13.2. The summed E-state index contributed by atoms with van der Waals surface area (Å²) in [6.07, 6.45) is 3.77. The predicted octanol–water partition coefficient (Wildman–Crippen LogP) is 3.99. The van der Waals surface area contributed by atoms with Gasteiger partial charge in [-0.05, 0) is 50.9 Å². The Labute approximate surface area is 191 Å². The molecule has 178 valence electrons. The van der Waals surface area contributed by atoms with Crippen molar-refractivity contribution in [2.45, 2.75) is 91.8 Å². The number of hydrogen-bond acceptors (Lipinski definition) is 6. The lowest BCUT2D eigenvalue weighted by Crippen LogP contribution is -2.68. The van der Waals surface area contributed by atoms with Crippen LogP contribution in [0.3, 0.4) is 0 Å². The second-order valence-corrected chi connectivity index (χ2v) is 12.1. The van der Waals surface area contributed by atoms with Gasteiger partial charge in [0.05, 0.1) is 7.11 Å². The number of Topliss-reactive ketones (excluding diaryl/α,β-unsaturated/α-hetero) is 2.